The average molecular weight is 199 g/mol. The second-order valence-corrected chi connectivity index (χ2v) is 3.63. The number of methoxy groups -OCH3 is 1. The molecule has 1 fully saturated rings. The zero-order valence-corrected chi connectivity index (χ0v) is 7.81. The van der Waals surface area contributed by atoms with Crippen molar-refractivity contribution in [1.82, 2.24) is 0 Å². The molecule has 1 aromatic carbocycles. The van der Waals surface area contributed by atoms with E-state index in [2.05, 4.69) is 0 Å². The topological polar surface area (TPSA) is 35.2 Å². The minimum atomic E-state index is -0.681. The summed E-state index contributed by atoms with van der Waals surface area (Å²) >= 11 is 0. The number of hydrogen-bond acceptors (Lipinski definition) is 2. The van der Waals surface area contributed by atoms with Crippen molar-refractivity contribution in [2.45, 2.75) is 18.4 Å². The molecule has 0 aliphatic heterocycles. The zero-order valence-electron chi connectivity index (χ0n) is 7.81. The maximum atomic E-state index is 13.6. The Balaban J connectivity index is 2.54. The molecule has 2 rings (SSSR count). The summed E-state index contributed by atoms with van der Waals surface area (Å²) < 4.78 is 31.4. The number of hydrogen-bond donors (Lipinski definition) is 1. The number of nitrogens with two attached hydrogens (primary N) is 1. The smallest absolute Gasteiger partial charge is 0.170 e. The van der Waals surface area contributed by atoms with Crippen molar-refractivity contribution in [3.63, 3.8) is 0 Å². The maximum absolute atomic E-state index is 13.6. The molecular weight excluding hydrogens is 188 g/mol. The Bertz CT molecular complexity index is 375. The van der Waals surface area contributed by atoms with Crippen LogP contribution in [0.3, 0.4) is 0 Å². The number of halogens is 2. The SMILES string of the molecule is COc1cc(F)cc(C2(N)CC2)c1F. The van der Waals surface area contributed by atoms with Gasteiger partial charge in [-0.1, -0.05) is 0 Å². The minimum absolute atomic E-state index is 0.0864. The highest BCUT2D eigenvalue weighted by molar-refractivity contribution is 5.39. The summed E-state index contributed by atoms with van der Waals surface area (Å²) in [6, 6.07) is 2.16. The largest absolute Gasteiger partial charge is 0.494 e. The molecule has 2 N–H and O–H groups in total. The predicted octanol–water partition coefficient (Wildman–Crippen LogP) is 1.92. The third-order valence-corrected chi connectivity index (χ3v) is 2.55. The molecule has 1 saturated carbocycles. The molecule has 0 bridgehead atoms. The Kier molecular flexibility index (Phi) is 1.96. The lowest BCUT2D eigenvalue weighted by Gasteiger charge is -2.12. The van der Waals surface area contributed by atoms with Crippen LogP contribution in [0.25, 0.3) is 0 Å². The fourth-order valence-electron chi connectivity index (χ4n) is 1.48. The van der Waals surface area contributed by atoms with Gasteiger partial charge >= 0.3 is 0 Å². The standard InChI is InChI=1S/C10H11F2NO/c1-14-8-5-6(11)4-7(9(8)12)10(13)2-3-10/h4-5H,2-3,13H2,1H3. The molecule has 0 saturated heterocycles. The maximum Gasteiger partial charge on any atom is 0.170 e. The average Bonchev–Trinajstić information content (AvgIpc) is 2.88. The molecule has 0 heterocycles. The fraction of sp³-hybridized carbons (Fsp3) is 0.400. The third-order valence-electron chi connectivity index (χ3n) is 2.55. The van der Waals surface area contributed by atoms with E-state index in [1.54, 1.807) is 0 Å². The molecular formula is C10H11F2NO. The second kappa shape index (κ2) is 2.92. The Hall–Kier alpha value is -1.16. The first kappa shape index (κ1) is 9.40. The molecule has 0 amide bonds. The first-order valence-electron chi connectivity index (χ1n) is 4.39. The summed E-state index contributed by atoms with van der Waals surface area (Å²) in [4.78, 5) is 0. The third kappa shape index (κ3) is 1.35. The van der Waals surface area contributed by atoms with Crippen LogP contribution < -0.4 is 10.5 Å². The second-order valence-electron chi connectivity index (χ2n) is 3.63. The van der Waals surface area contributed by atoms with E-state index in [9.17, 15) is 8.78 Å². The fourth-order valence-corrected chi connectivity index (χ4v) is 1.48. The molecule has 4 heteroatoms. The highest BCUT2D eigenvalue weighted by Gasteiger charge is 2.43. The Morgan fingerprint density at radius 2 is 2.00 bits per heavy atom. The molecule has 76 valence electrons. The van der Waals surface area contributed by atoms with Crippen molar-refractivity contribution in [2.75, 3.05) is 7.11 Å². The van der Waals surface area contributed by atoms with Crippen LogP contribution in [0.2, 0.25) is 0 Å². The number of benzene rings is 1. The molecule has 1 aliphatic carbocycles. The van der Waals surface area contributed by atoms with E-state index in [0.29, 0.717) is 12.8 Å². The molecule has 0 atom stereocenters. The van der Waals surface area contributed by atoms with Crippen molar-refractivity contribution in [3.05, 3.63) is 29.3 Å². The van der Waals surface area contributed by atoms with Gasteiger partial charge in [-0.25, -0.2) is 8.78 Å². The van der Waals surface area contributed by atoms with Crippen molar-refractivity contribution in [2.24, 2.45) is 5.73 Å². The van der Waals surface area contributed by atoms with E-state index in [1.165, 1.54) is 7.11 Å². The predicted molar refractivity (Wildman–Crippen MR) is 48.0 cm³/mol. The lowest BCUT2D eigenvalue weighted by Crippen LogP contribution is -2.21. The van der Waals surface area contributed by atoms with E-state index < -0.39 is 17.2 Å². The van der Waals surface area contributed by atoms with Gasteiger partial charge in [0.25, 0.3) is 0 Å². The number of rotatable bonds is 2. The molecule has 0 unspecified atom stereocenters. The molecule has 1 aliphatic rings. The van der Waals surface area contributed by atoms with Crippen LogP contribution >= 0.6 is 0 Å². The van der Waals surface area contributed by atoms with Crippen LogP contribution in [0.5, 0.6) is 5.75 Å². The van der Waals surface area contributed by atoms with Gasteiger partial charge in [-0.2, -0.15) is 0 Å². The molecule has 14 heavy (non-hydrogen) atoms. The van der Waals surface area contributed by atoms with Crippen molar-refractivity contribution in [1.29, 1.82) is 0 Å². The zero-order chi connectivity index (χ0) is 10.3. The van der Waals surface area contributed by atoms with E-state index in [4.69, 9.17) is 10.5 Å². The summed E-state index contributed by atoms with van der Waals surface area (Å²) in [6.45, 7) is 0. The van der Waals surface area contributed by atoms with Crippen LogP contribution in [-0.2, 0) is 5.54 Å². The Morgan fingerprint density at radius 1 is 1.36 bits per heavy atom. The van der Waals surface area contributed by atoms with E-state index >= 15 is 0 Å². The molecule has 2 nitrogen and oxygen atoms in total. The highest BCUT2D eigenvalue weighted by Crippen LogP contribution is 2.45. The van der Waals surface area contributed by atoms with Crippen molar-refractivity contribution in [3.8, 4) is 5.75 Å². The summed E-state index contributed by atoms with van der Waals surface area (Å²) in [7, 11) is 1.30. The lowest BCUT2D eigenvalue weighted by molar-refractivity contribution is 0.377. The van der Waals surface area contributed by atoms with Crippen LogP contribution in [0, 0.1) is 11.6 Å². The van der Waals surface area contributed by atoms with Crippen LogP contribution in [0.1, 0.15) is 18.4 Å². The molecule has 1 aromatic rings. The summed E-state index contributed by atoms with van der Waals surface area (Å²) in [6.07, 6.45) is 1.38. The van der Waals surface area contributed by atoms with Gasteiger partial charge < -0.3 is 10.5 Å². The lowest BCUT2D eigenvalue weighted by atomic mass is 10.0. The Morgan fingerprint density at radius 3 is 2.50 bits per heavy atom. The van der Waals surface area contributed by atoms with Gasteiger partial charge in [0.1, 0.15) is 5.82 Å². The van der Waals surface area contributed by atoms with E-state index in [0.717, 1.165) is 12.1 Å². The van der Waals surface area contributed by atoms with Gasteiger partial charge in [-0.05, 0) is 18.9 Å². The van der Waals surface area contributed by atoms with Gasteiger partial charge in [0.05, 0.1) is 7.11 Å². The highest BCUT2D eigenvalue weighted by atomic mass is 19.1. The first-order chi connectivity index (χ1) is 6.57. The normalized spacial score (nSPS) is 18.0. The van der Waals surface area contributed by atoms with Crippen molar-refractivity contribution < 1.29 is 13.5 Å². The van der Waals surface area contributed by atoms with E-state index in [1.807, 2.05) is 0 Å². The van der Waals surface area contributed by atoms with Crippen LogP contribution in [0.4, 0.5) is 8.78 Å². The van der Waals surface area contributed by atoms with Gasteiger partial charge in [0.15, 0.2) is 11.6 Å². The summed E-state index contributed by atoms with van der Waals surface area (Å²) in [5.74, 6) is -1.15. The molecule has 0 aromatic heterocycles. The molecule has 0 radical (unpaired) electrons. The monoisotopic (exact) mass is 199 g/mol. The minimum Gasteiger partial charge on any atom is -0.494 e. The van der Waals surface area contributed by atoms with E-state index in [-0.39, 0.29) is 11.3 Å². The summed E-state index contributed by atoms with van der Waals surface area (Å²) in [5, 5.41) is 0. The van der Waals surface area contributed by atoms with Crippen LogP contribution in [0.15, 0.2) is 12.1 Å². The number of ether oxygens (including phenoxy) is 1. The Labute approximate surface area is 80.7 Å². The summed E-state index contributed by atoms with van der Waals surface area (Å²) in [5.41, 5.74) is 5.33. The van der Waals surface area contributed by atoms with Gasteiger partial charge in [-0.15, -0.1) is 0 Å². The quantitative estimate of drug-likeness (QED) is 0.789. The first-order valence-corrected chi connectivity index (χ1v) is 4.39. The van der Waals surface area contributed by atoms with Crippen molar-refractivity contribution >= 4 is 0 Å². The van der Waals surface area contributed by atoms with Gasteiger partial charge in [0, 0.05) is 17.2 Å². The van der Waals surface area contributed by atoms with Crippen LogP contribution in [-0.4, -0.2) is 7.11 Å². The van der Waals surface area contributed by atoms with Gasteiger partial charge in [0.2, 0.25) is 0 Å². The van der Waals surface area contributed by atoms with Gasteiger partial charge in [-0.3, -0.25) is 0 Å². The molecule has 0 spiro atoms.